The normalized spacial score (nSPS) is 11.8. The first-order chi connectivity index (χ1) is 7.45. The van der Waals surface area contributed by atoms with Crippen molar-refractivity contribution in [3.63, 3.8) is 0 Å². The van der Waals surface area contributed by atoms with Crippen molar-refractivity contribution in [1.29, 1.82) is 0 Å². The first-order valence-electron chi connectivity index (χ1n) is 4.54. The highest BCUT2D eigenvalue weighted by molar-refractivity contribution is 5.94. The second kappa shape index (κ2) is 4.83. The fourth-order valence-electron chi connectivity index (χ4n) is 1.05. The van der Waals surface area contributed by atoms with Gasteiger partial charge in [-0.2, -0.15) is 13.2 Å². The molecule has 0 saturated carbocycles. The minimum atomic E-state index is -4.38. The standard InChI is InChI=1S/C11H10F3NO/c1-2-7-15-10(16)8-3-5-9(6-4-8)11(12,13)14/h2-7H,1H3,(H,15,16)/b7-2+. The lowest BCUT2D eigenvalue weighted by Gasteiger charge is -2.06. The van der Waals surface area contributed by atoms with E-state index in [0.29, 0.717) is 0 Å². The van der Waals surface area contributed by atoms with Crippen LogP contribution in [-0.4, -0.2) is 5.91 Å². The van der Waals surface area contributed by atoms with Crippen LogP contribution in [-0.2, 0) is 6.18 Å². The summed E-state index contributed by atoms with van der Waals surface area (Å²) < 4.78 is 36.6. The number of amides is 1. The molecule has 1 aromatic rings. The number of benzene rings is 1. The Morgan fingerprint density at radius 2 is 1.81 bits per heavy atom. The SMILES string of the molecule is C/C=C/NC(=O)c1ccc(C(F)(F)F)cc1. The Bertz CT molecular complexity index is 393. The third kappa shape index (κ3) is 3.12. The van der Waals surface area contributed by atoms with E-state index in [1.165, 1.54) is 6.20 Å². The molecule has 0 aliphatic carbocycles. The number of hydrogen-bond donors (Lipinski definition) is 1. The van der Waals surface area contributed by atoms with Crippen molar-refractivity contribution in [2.24, 2.45) is 0 Å². The Hall–Kier alpha value is -1.78. The molecular weight excluding hydrogens is 219 g/mol. The minimum absolute atomic E-state index is 0.186. The number of carbonyl (C=O) groups is 1. The number of carbonyl (C=O) groups excluding carboxylic acids is 1. The maximum Gasteiger partial charge on any atom is 0.416 e. The molecule has 0 saturated heterocycles. The van der Waals surface area contributed by atoms with E-state index in [-0.39, 0.29) is 5.56 Å². The number of alkyl halides is 3. The highest BCUT2D eigenvalue weighted by Crippen LogP contribution is 2.28. The lowest BCUT2D eigenvalue weighted by atomic mass is 10.1. The fraction of sp³-hybridized carbons (Fsp3) is 0.182. The van der Waals surface area contributed by atoms with Crippen molar-refractivity contribution in [2.75, 3.05) is 0 Å². The third-order valence-corrected chi connectivity index (χ3v) is 1.86. The zero-order chi connectivity index (χ0) is 12.2. The van der Waals surface area contributed by atoms with Gasteiger partial charge in [-0.1, -0.05) is 6.08 Å². The molecule has 0 aromatic heterocycles. The van der Waals surface area contributed by atoms with Crippen LogP contribution in [0.4, 0.5) is 13.2 Å². The van der Waals surface area contributed by atoms with E-state index >= 15 is 0 Å². The second-order valence-electron chi connectivity index (χ2n) is 3.05. The van der Waals surface area contributed by atoms with Gasteiger partial charge in [-0.25, -0.2) is 0 Å². The molecule has 0 spiro atoms. The predicted octanol–water partition coefficient (Wildman–Crippen LogP) is 2.97. The maximum absolute atomic E-state index is 12.2. The Kier molecular flexibility index (Phi) is 3.71. The van der Waals surface area contributed by atoms with E-state index in [1.54, 1.807) is 13.0 Å². The summed E-state index contributed by atoms with van der Waals surface area (Å²) in [5.74, 6) is -0.438. The van der Waals surface area contributed by atoms with Crippen LogP contribution < -0.4 is 5.32 Å². The largest absolute Gasteiger partial charge is 0.416 e. The topological polar surface area (TPSA) is 29.1 Å². The Morgan fingerprint density at radius 1 is 1.25 bits per heavy atom. The zero-order valence-corrected chi connectivity index (χ0v) is 8.51. The molecular formula is C11H10F3NO. The van der Waals surface area contributed by atoms with Crippen molar-refractivity contribution < 1.29 is 18.0 Å². The molecule has 0 radical (unpaired) electrons. The molecule has 86 valence electrons. The summed E-state index contributed by atoms with van der Waals surface area (Å²) in [5, 5.41) is 2.41. The molecule has 0 fully saturated rings. The zero-order valence-electron chi connectivity index (χ0n) is 8.51. The van der Waals surface area contributed by atoms with Crippen LogP contribution in [0.2, 0.25) is 0 Å². The van der Waals surface area contributed by atoms with Gasteiger partial charge >= 0.3 is 6.18 Å². The van der Waals surface area contributed by atoms with E-state index in [2.05, 4.69) is 5.32 Å². The molecule has 0 aliphatic rings. The van der Waals surface area contributed by atoms with Crippen LogP contribution in [0.5, 0.6) is 0 Å². The third-order valence-electron chi connectivity index (χ3n) is 1.86. The van der Waals surface area contributed by atoms with E-state index < -0.39 is 17.6 Å². The van der Waals surface area contributed by atoms with Crippen LogP contribution in [0.3, 0.4) is 0 Å². The van der Waals surface area contributed by atoms with Crippen LogP contribution in [0.1, 0.15) is 22.8 Å². The van der Waals surface area contributed by atoms with E-state index in [9.17, 15) is 18.0 Å². The predicted molar refractivity (Wildman–Crippen MR) is 53.7 cm³/mol. The summed E-state index contributed by atoms with van der Waals surface area (Å²) in [6, 6.07) is 4.04. The van der Waals surface area contributed by atoms with Gasteiger partial charge in [0.2, 0.25) is 0 Å². The van der Waals surface area contributed by atoms with Crippen molar-refractivity contribution in [3.8, 4) is 0 Å². The molecule has 5 heteroatoms. The van der Waals surface area contributed by atoms with Gasteiger partial charge in [0.15, 0.2) is 0 Å². The monoisotopic (exact) mass is 229 g/mol. The molecule has 1 N–H and O–H groups in total. The molecule has 1 aromatic carbocycles. The molecule has 0 unspecified atom stereocenters. The van der Waals surface area contributed by atoms with Gasteiger partial charge in [-0.05, 0) is 37.4 Å². The summed E-state index contributed by atoms with van der Waals surface area (Å²) >= 11 is 0. The van der Waals surface area contributed by atoms with Crippen molar-refractivity contribution in [3.05, 3.63) is 47.7 Å². The number of nitrogens with one attached hydrogen (secondary N) is 1. The number of rotatable bonds is 2. The highest BCUT2D eigenvalue weighted by atomic mass is 19.4. The second-order valence-corrected chi connectivity index (χ2v) is 3.05. The van der Waals surface area contributed by atoms with Crippen LogP contribution in [0.15, 0.2) is 36.5 Å². The summed E-state index contributed by atoms with van der Waals surface area (Å²) in [6.45, 7) is 1.72. The quantitative estimate of drug-likeness (QED) is 0.829. The first kappa shape index (κ1) is 12.3. The number of allylic oxidation sites excluding steroid dienone is 1. The Morgan fingerprint density at radius 3 is 2.25 bits per heavy atom. The van der Waals surface area contributed by atoms with E-state index in [1.807, 2.05) is 0 Å². The summed E-state index contributed by atoms with van der Waals surface area (Å²) in [7, 11) is 0. The maximum atomic E-state index is 12.2. The lowest BCUT2D eigenvalue weighted by Crippen LogP contribution is -2.17. The smallest absolute Gasteiger partial charge is 0.329 e. The lowest BCUT2D eigenvalue weighted by molar-refractivity contribution is -0.137. The average molecular weight is 229 g/mol. The average Bonchev–Trinajstić information content (AvgIpc) is 2.25. The molecule has 0 bridgehead atoms. The summed E-state index contributed by atoms with van der Waals surface area (Å²) in [5.41, 5.74) is -0.582. The Labute approximate surface area is 90.8 Å². The molecule has 16 heavy (non-hydrogen) atoms. The van der Waals surface area contributed by atoms with Gasteiger partial charge in [-0.15, -0.1) is 0 Å². The Balaban J connectivity index is 2.83. The van der Waals surface area contributed by atoms with Gasteiger partial charge in [0.1, 0.15) is 0 Å². The van der Waals surface area contributed by atoms with Crippen molar-refractivity contribution in [2.45, 2.75) is 13.1 Å². The summed E-state index contributed by atoms with van der Waals surface area (Å²) in [4.78, 5) is 11.3. The fourth-order valence-corrected chi connectivity index (χ4v) is 1.05. The first-order valence-corrected chi connectivity index (χ1v) is 4.54. The van der Waals surface area contributed by atoms with E-state index in [0.717, 1.165) is 24.3 Å². The van der Waals surface area contributed by atoms with Crippen LogP contribution >= 0.6 is 0 Å². The molecule has 1 rings (SSSR count). The van der Waals surface area contributed by atoms with Gasteiger partial charge < -0.3 is 5.32 Å². The van der Waals surface area contributed by atoms with Gasteiger partial charge in [0, 0.05) is 5.56 Å². The van der Waals surface area contributed by atoms with Crippen LogP contribution in [0.25, 0.3) is 0 Å². The molecule has 0 aliphatic heterocycles. The van der Waals surface area contributed by atoms with E-state index in [4.69, 9.17) is 0 Å². The number of halogens is 3. The summed E-state index contributed by atoms with van der Waals surface area (Å²) in [6.07, 6.45) is -1.35. The van der Waals surface area contributed by atoms with Crippen molar-refractivity contribution in [1.82, 2.24) is 5.32 Å². The number of hydrogen-bond acceptors (Lipinski definition) is 1. The van der Waals surface area contributed by atoms with Gasteiger partial charge in [0.05, 0.1) is 5.56 Å². The molecule has 0 heterocycles. The van der Waals surface area contributed by atoms with Crippen LogP contribution in [0, 0.1) is 0 Å². The van der Waals surface area contributed by atoms with Gasteiger partial charge in [0.25, 0.3) is 5.91 Å². The molecule has 2 nitrogen and oxygen atoms in total. The van der Waals surface area contributed by atoms with Crippen molar-refractivity contribution >= 4 is 5.91 Å². The van der Waals surface area contributed by atoms with Gasteiger partial charge in [-0.3, -0.25) is 4.79 Å². The minimum Gasteiger partial charge on any atom is -0.329 e. The molecule has 1 amide bonds. The molecule has 0 atom stereocenters. The highest BCUT2D eigenvalue weighted by Gasteiger charge is 2.30.